The molecule has 1 fully saturated rings. The van der Waals surface area contributed by atoms with Gasteiger partial charge in [0.15, 0.2) is 0 Å². The van der Waals surface area contributed by atoms with E-state index in [1.807, 2.05) is 0 Å². The van der Waals surface area contributed by atoms with Gasteiger partial charge in [-0.3, -0.25) is 0 Å². The maximum Gasteiger partial charge on any atom is 0.0372 e. The van der Waals surface area contributed by atoms with Crippen LogP contribution in [0.1, 0.15) is 25.8 Å². The molecule has 1 heteroatoms. The minimum Gasteiger partial charge on any atom is -0.382 e. The molecule has 0 amide bonds. The molecule has 3 unspecified atom stereocenters. The molecule has 0 spiro atoms. The molecule has 2 rings (SSSR count). The zero-order chi connectivity index (χ0) is 10.1. The lowest BCUT2D eigenvalue weighted by molar-refractivity contribution is 0.189. The number of hydrogen-bond donors (Lipinski definition) is 1. The fourth-order valence-electron chi connectivity index (χ4n) is 2.16. The van der Waals surface area contributed by atoms with Gasteiger partial charge in [-0.15, -0.1) is 0 Å². The van der Waals surface area contributed by atoms with Crippen molar-refractivity contribution in [1.29, 1.82) is 0 Å². The van der Waals surface area contributed by atoms with Crippen LogP contribution in [0.4, 0.5) is 5.69 Å². The molecule has 1 nitrogen and oxygen atoms in total. The first-order valence-corrected chi connectivity index (χ1v) is 5.50. The minimum absolute atomic E-state index is 0.686. The molecule has 0 aromatic heterocycles. The van der Waals surface area contributed by atoms with Crippen LogP contribution in [0.25, 0.3) is 0 Å². The molecule has 1 aliphatic carbocycles. The van der Waals surface area contributed by atoms with Crippen LogP contribution in [0.15, 0.2) is 24.3 Å². The van der Waals surface area contributed by atoms with Gasteiger partial charge in [-0.25, -0.2) is 0 Å². The van der Waals surface area contributed by atoms with Gasteiger partial charge < -0.3 is 5.32 Å². The van der Waals surface area contributed by atoms with Gasteiger partial charge in [0, 0.05) is 11.7 Å². The van der Waals surface area contributed by atoms with Crippen molar-refractivity contribution in [2.75, 3.05) is 5.32 Å². The van der Waals surface area contributed by atoms with Crippen LogP contribution in [0, 0.1) is 18.8 Å². The van der Waals surface area contributed by atoms with E-state index < -0.39 is 0 Å². The Bertz CT molecular complexity index is 319. The van der Waals surface area contributed by atoms with E-state index in [4.69, 9.17) is 0 Å². The molecule has 76 valence electrons. The lowest BCUT2D eigenvalue weighted by atomic mass is 9.71. The summed E-state index contributed by atoms with van der Waals surface area (Å²) in [5, 5.41) is 3.63. The second kappa shape index (κ2) is 3.64. The SMILES string of the molecule is Cc1ccccc1NC1CC(C)C1C. The molecule has 0 heterocycles. The number of anilines is 1. The number of nitrogens with one attached hydrogen (secondary N) is 1. The Hall–Kier alpha value is -0.980. The van der Waals surface area contributed by atoms with Crippen molar-refractivity contribution in [3.05, 3.63) is 29.8 Å². The van der Waals surface area contributed by atoms with Crippen LogP contribution in [0.3, 0.4) is 0 Å². The first kappa shape index (κ1) is 9.57. The maximum atomic E-state index is 3.63. The first-order valence-electron chi connectivity index (χ1n) is 5.50. The Labute approximate surface area is 86.5 Å². The van der Waals surface area contributed by atoms with Gasteiger partial charge in [-0.2, -0.15) is 0 Å². The van der Waals surface area contributed by atoms with Crippen molar-refractivity contribution in [3.8, 4) is 0 Å². The Kier molecular flexibility index (Phi) is 2.49. The second-order valence-corrected chi connectivity index (χ2v) is 4.64. The second-order valence-electron chi connectivity index (χ2n) is 4.64. The third-order valence-corrected chi connectivity index (χ3v) is 3.64. The predicted molar refractivity (Wildman–Crippen MR) is 61.5 cm³/mol. The molecule has 0 radical (unpaired) electrons. The summed E-state index contributed by atoms with van der Waals surface area (Å²) in [5.74, 6) is 1.70. The Balaban J connectivity index is 2.02. The Morgan fingerprint density at radius 1 is 1.21 bits per heavy atom. The number of para-hydroxylation sites is 1. The van der Waals surface area contributed by atoms with E-state index in [0.717, 1.165) is 11.8 Å². The molecule has 0 saturated heterocycles. The van der Waals surface area contributed by atoms with Crippen LogP contribution in [0.5, 0.6) is 0 Å². The molecule has 3 atom stereocenters. The summed E-state index contributed by atoms with van der Waals surface area (Å²) in [5.41, 5.74) is 2.65. The van der Waals surface area contributed by atoms with E-state index in [0.29, 0.717) is 6.04 Å². The van der Waals surface area contributed by atoms with E-state index in [1.54, 1.807) is 0 Å². The quantitative estimate of drug-likeness (QED) is 0.751. The van der Waals surface area contributed by atoms with Gasteiger partial charge in [0.25, 0.3) is 0 Å². The van der Waals surface area contributed by atoms with Crippen LogP contribution in [-0.4, -0.2) is 6.04 Å². The van der Waals surface area contributed by atoms with Crippen molar-refractivity contribution >= 4 is 5.69 Å². The highest BCUT2D eigenvalue weighted by atomic mass is 14.9. The van der Waals surface area contributed by atoms with Gasteiger partial charge in [0.05, 0.1) is 0 Å². The predicted octanol–water partition coefficient (Wildman–Crippen LogP) is 3.45. The van der Waals surface area contributed by atoms with E-state index in [1.165, 1.54) is 17.7 Å². The fourth-order valence-corrected chi connectivity index (χ4v) is 2.16. The number of benzene rings is 1. The fraction of sp³-hybridized carbons (Fsp3) is 0.538. The minimum atomic E-state index is 0.686. The number of aryl methyl sites for hydroxylation is 1. The molecule has 1 saturated carbocycles. The third-order valence-electron chi connectivity index (χ3n) is 3.64. The average molecular weight is 189 g/mol. The van der Waals surface area contributed by atoms with Crippen molar-refractivity contribution in [2.45, 2.75) is 33.2 Å². The standard InChI is InChI=1S/C13H19N/c1-9-6-4-5-7-12(9)14-13-8-10(2)11(13)3/h4-7,10-11,13-14H,8H2,1-3H3. The molecule has 1 aromatic rings. The highest BCUT2D eigenvalue weighted by Crippen LogP contribution is 2.36. The molecule has 1 aliphatic rings. The van der Waals surface area contributed by atoms with Crippen LogP contribution < -0.4 is 5.32 Å². The third kappa shape index (κ3) is 1.63. The molecular formula is C13H19N. The van der Waals surface area contributed by atoms with Gasteiger partial charge in [0.1, 0.15) is 0 Å². The summed E-state index contributed by atoms with van der Waals surface area (Å²) in [6.45, 7) is 6.83. The highest BCUT2D eigenvalue weighted by molar-refractivity contribution is 5.51. The van der Waals surface area contributed by atoms with Gasteiger partial charge in [0.2, 0.25) is 0 Å². The molecule has 0 bridgehead atoms. The first-order chi connectivity index (χ1) is 6.68. The maximum absolute atomic E-state index is 3.63. The molecule has 14 heavy (non-hydrogen) atoms. The van der Waals surface area contributed by atoms with Gasteiger partial charge in [-0.1, -0.05) is 32.0 Å². The van der Waals surface area contributed by atoms with E-state index in [9.17, 15) is 0 Å². The summed E-state index contributed by atoms with van der Waals surface area (Å²) in [6.07, 6.45) is 1.31. The summed E-state index contributed by atoms with van der Waals surface area (Å²) >= 11 is 0. The molecular weight excluding hydrogens is 170 g/mol. The van der Waals surface area contributed by atoms with Crippen molar-refractivity contribution in [1.82, 2.24) is 0 Å². The van der Waals surface area contributed by atoms with Crippen molar-refractivity contribution in [2.24, 2.45) is 11.8 Å². The average Bonchev–Trinajstić information content (AvgIpc) is 2.20. The summed E-state index contributed by atoms with van der Waals surface area (Å²) in [4.78, 5) is 0. The van der Waals surface area contributed by atoms with E-state index in [-0.39, 0.29) is 0 Å². The Morgan fingerprint density at radius 3 is 2.50 bits per heavy atom. The van der Waals surface area contributed by atoms with Gasteiger partial charge in [-0.05, 0) is 36.8 Å². The highest BCUT2D eigenvalue weighted by Gasteiger charge is 2.34. The number of rotatable bonds is 2. The lowest BCUT2D eigenvalue weighted by Crippen LogP contribution is -2.43. The zero-order valence-corrected chi connectivity index (χ0v) is 9.25. The van der Waals surface area contributed by atoms with Crippen LogP contribution in [-0.2, 0) is 0 Å². The monoisotopic (exact) mass is 189 g/mol. The van der Waals surface area contributed by atoms with Crippen LogP contribution >= 0.6 is 0 Å². The summed E-state index contributed by atoms with van der Waals surface area (Å²) in [7, 11) is 0. The summed E-state index contributed by atoms with van der Waals surface area (Å²) < 4.78 is 0. The lowest BCUT2D eigenvalue weighted by Gasteiger charge is -2.42. The van der Waals surface area contributed by atoms with Gasteiger partial charge >= 0.3 is 0 Å². The van der Waals surface area contributed by atoms with E-state index in [2.05, 4.69) is 50.4 Å². The molecule has 0 aliphatic heterocycles. The molecule has 1 N–H and O–H groups in total. The van der Waals surface area contributed by atoms with Crippen molar-refractivity contribution < 1.29 is 0 Å². The molecule has 1 aromatic carbocycles. The Morgan fingerprint density at radius 2 is 1.93 bits per heavy atom. The zero-order valence-electron chi connectivity index (χ0n) is 9.25. The number of hydrogen-bond acceptors (Lipinski definition) is 1. The summed E-state index contributed by atoms with van der Waals surface area (Å²) in [6, 6.07) is 9.21. The van der Waals surface area contributed by atoms with E-state index >= 15 is 0 Å². The topological polar surface area (TPSA) is 12.0 Å². The van der Waals surface area contributed by atoms with Crippen molar-refractivity contribution in [3.63, 3.8) is 0 Å². The smallest absolute Gasteiger partial charge is 0.0372 e. The largest absolute Gasteiger partial charge is 0.382 e. The normalized spacial score (nSPS) is 30.9. The van der Waals surface area contributed by atoms with Crippen LogP contribution in [0.2, 0.25) is 0 Å².